The fourth-order valence-corrected chi connectivity index (χ4v) is 2.32. The van der Waals surface area contributed by atoms with Crippen LogP contribution in [-0.2, 0) is 6.18 Å². The van der Waals surface area contributed by atoms with Crippen LogP contribution in [0.15, 0.2) is 12.1 Å². The van der Waals surface area contributed by atoms with E-state index in [0.717, 1.165) is 25.6 Å². The minimum atomic E-state index is -4.47. The van der Waals surface area contributed by atoms with Crippen molar-refractivity contribution in [3.63, 3.8) is 0 Å². The lowest BCUT2D eigenvalue weighted by Gasteiger charge is -2.15. The number of halogens is 3. The lowest BCUT2D eigenvalue weighted by atomic mass is 10.2. The first-order valence-corrected chi connectivity index (χ1v) is 6.35. The maximum atomic E-state index is 12.9. The molecule has 3 heterocycles. The molecule has 1 saturated heterocycles. The van der Waals surface area contributed by atoms with Crippen LogP contribution in [0.2, 0.25) is 0 Å². The lowest BCUT2D eigenvalue weighted by Crippen LogP contribution is -2.24. The van der Waals surface area contributed by atoms with Gasteiger partial charge in [-0.3, -0.25) is 0 Å². The molecule has 0 aliphatic carbocycles. The minimum Gasteiger partial charge on any atom is -0.366 e. The molecule has 20 heavy (non-hydrogen) atoms. The fourth-order valence-electron chi connectivity index (χ4n) is 2.32. The summed E-state index contributed by atoms with van der Waals surface area (Å²) >= 11 is 0. The van der Waals surface area contributed by atoms with E-state index in [9.17, 15) is 13.2 Å². The molecule has 0 bridgehead atoms. The van der Waals surface area contributed by atoms with E-state index in [1.54, 1.807) is 6.92 Å². The molecule has 2 aromatic rings. The summed E-state index contributed by atoms with van der Waals surface area (Å²) in [7, 11) is 0. The van der Waals surface area contributed by atoms with Gasteiger partial charge in [-0.1, -0.05) is 0 Å². The van der Waals surface area contributed by atoms with Crippen molar-refractivity contribution in [1.29, 1.82) is 0 Å². The SMILES string of the molecule is Cc1cc2nc(C(F)(F)F)cc(NC3CCNC3)n2n1. The highest BCUT2D eigenvalue weighted by Gasteiger charge is 2.34. The number of rotatable bonds is 2. The predicted molar refractivity (Wildman–Crippen MR) is 67.6 cm³/mol. The minimum absolute atomic E-state index is 0.103. The molecule has 0 spiro atoms. The number of alkyl halides is 3. The second-order valence-electron chi connectivity index (χ2n) is 4.91. The zero-order valence-corrected chi connectivity index (χ0v) is 10.8. The summed E-state index contributed by atoms with van der Waals surface area (Å²) < 4.78 is 40.1. The van der Waals surface area contributed by atoms with Crippen molar-refractivity contribution >= 4 is 11.5 Å². The molecule has 1 atom stereocenters. The van der Waals surface area contributed by atoms with E-state index in [0.29, 0.717) is 11.5 Å². The van der Waals surface area contributed by atoms with Crippen LogP contribution in [0.25, 0.3) is 5.65 Å². The zero-order valence-electron chi connectivity index (χ0n) is 10.8. The van der Waals surface area contributed by atoms with Crippen LogP contribution >= 0.6 is 0 Å². The zero-order chi connectivity index (χ0) is 14.3. The van der Waals surface area contributed by atoms with Crippen LogP contribution < -0.4 is 10.6 Å². The summed E-state index contributed by atoms with van der Waals surface area (Å²) in [4.78, 5) is 3.62. The van der Waals surface area contributed by atoms with Gasteiger partial charge in [0.1, 0.15) is 5.82 Å². The van der Waals surface area contributed by atoms with Gasteiger partial charge in [-0.15, -0.1) is 0 Å². The third-order valence-corrected chi connectivity index (χ3v) is 3.25. The van der Waals surface area contributed by atoms with Crippen LogP contribution in [0.4, 0.5) is 19.0 Å². The standard InChI is InChI=1S/C12H14F3N5/c1-7-4-10-18-9(12(13,14)15)5-11(20(10)19-7)17-8-2-3-16-6-8/h4-5,8,16-17H,2-3,6H2,1H3. The summed E-state index contributed by atoms with van der Waals surface area (Å²) in [6.07, 6.45) is -3.60. The third kappa shape index (κ3) is 2.43. The van der Waals surface area contributed by atoms with Gasteiger partial charge in [0.2, 0.25) is 0 Å². The first-order valence-electron chi connectivity index (χ1n) is 6.35. The summed E-state index contributed by atoms with van der Waals surface area (Å²) in [5.74, 6) is 0.323. The average molecular weight is 285 g/mol. The van der Waals surface area contributed by atoms with Crippen molar-refractivity contribution in [1.82, 2.24) is 19.9 Å². The van der Waals surface area contributed by atoms with Crippen molar-refractivity contribution in [2.75, 3.05) is 18.4 Å². The number of hydrogen-bond acceptors (Lipinski definition) is 4. The van der Waals surface area contributed by atoms with E-state index >= 15 is 0 Å². The van der Waals surface area contributed by atoms with E-state index in [4.69, 9.17) is 0 Å². The van der Waals surface area contributed by atoms with Gasteiger partial charge < -0.3 is 10.6 Å². The Morgan fingerprint density at radius 3 is 2.85 bits per heavy atom. The van der Waals surface area contributed by atoms with Crippen LogP contribution in [0, 0.1) is 6.92 Å². The second kappa shape index (κ2) is 4.62. The van der Waals surface area contributed by atoms with Gasteiger partial charge in [0.05, 0.1) is 5.69 Å². The Hall–Kier alpha value is -1.83. The van der Waals surface area contributed by atoms with Crippen molar-refractivity contribution in [3.05, 3.63) is 23.5 Å². The van der Waals surface area contributed by atoms with E-state index in [1.165, 1.54) is 10.6 Å². The molecule has 0 aromatic carbocycles. The fraction of sp³-hybridized carbons (Fsp3) is 0.500. The van der Waals surface area contributed by atoms with Crippen molar-refractivity contribution in [2.45, 2.75) is 25.6 Å². The van der Waals surface area contributed by atoms with Crippen molar-refractivity contribution in [2.24, 2.45) is 0 Å². The highest BCUT2D eigenvalue weighted by molar-refractivity contribution is 5.51. The molecule has 0 amide bonds. The molecule has 1 aliphatic rings. The van der Waals surface area contributed by atoms with E-state index < -0.39 is 11.9 Å². The molecule has 1 fully saturated rings. The highest BCUT2D eigenvalue weighted by Crippen LogP contribution is 2.30. The molecule has 108 valence electrons. The van der Waals surface area contributed by atoms with E-state index in [1.807, 2.05) is 0 Å². The molecule has 1 aliphatic heterocycles. The van der Waals surface area contributed by atoms with Gasteiger partial charge in [-0.2, -0.15) is 22.8 Å². The topological polar surface area (TPSA) is 54.2 Å². The molecular formula is C12H14F3N5. The van der Waals surface area contributed by atoms with Gasteiger partial charge in [0.25, 0.3) is 0 Å². The van der Waals surface area contributed by atoms with Gasteiger partial charge in [0, 0.05) is 24.7 Å². The molecule has 0 saturated carbocycles. The van der Waals surface area contributed by atoms with Crippen molar-refractivity contribution in [3.8, 4) is 0 Å². The first-order chi connectivity index (χ1) is 9.43. The number of hydrogen-bond donors (Lipinski definition) is 2. The monoisotopic (exact) mass is 285 g/mol. The Labute approximate surface area is 113 Å². The van der Waals surface area contributed by atoms with Gasteiger partial charge in [-0.05, 0) is 19.9 Å². The van der Waals surface area contributed by atoms with Crippen LogP contribution in [0.1, 0.15) is 17.8 Å². The molecule has 5 nitrogen and oxygen atoms in total. The number of nitrogens with one attached hydrogen (secondary N) is 2. The van der Waals surface area contributed by atoms with Crippen LogP contribution in [0.3, 0.4) is 0 Å². The number of anilines is 1. The molecule has 3 rings (SSSR count). The van der Waals surface area contributed by atoms with Gasteiger partial charge in [-0.25, -0.2) is 4.98 Å². The predicted octanol–water partition coefficient (Wildman–Crippen LogP) is 1.83. The first kappa shape index (κ1) is 13.2. The van der Waals surface area contributed by atoms with E-state index in [2.05, 4.69) is 20.7 Å². The van der Waals surface area contributed by atoms with Crippen LogP contribution in [0.5, 0.6) is 0 Å². The quantitative estimate of drug-likeness (QED) is 0.884. The molecule has 1 unspecified atom stereocenters. The third-order valence-electron chi connectivity index (χ3n) is 3.25. The normalized spacial score (nSPS) is 19.7. The second-order valence-corrected chi connectivity index (χ2v) is 4.91. The van der Waals surface area contributed by atoms with Crippen molar-refractivity contribution < 1.29 is 13.2 Å². The summed E-state index contributed by atoms with van der Waals surface area (Å²) in [6, 6.07) is 2.65. The number of aromatic nitrogens is 3. The van der Waals surface area contributed by atoms with Gasteiger partial charge >= 0.3 is 6.18 Å². The summed E-state index contributed by atoms with van der Waals surface area (Å²) in [5, 5.41) is 10.5. The molecule has 2 N–H and O–H groups in total. The van der Waals surface area contributed by atoms with Gasteiger partial charge in [0.15, 0.2) is 11.3 Å². The molecule has 8 heteroatoms. The number of aryl methyl sites for hydroxylation is 1. The Morgan fingerprint density at radius 2 is 2.20 bits per heavy atom. The highest BCUT2D eigenvalue weighted by atomic mass is 19.4. The van der Waals surface area contributed by atoms with E-state index in [-0.39, 0.29) is 11.7 Å². The maximum absolute atomic E-state index is 12.9. The Morgan fingerprint density at radius 1 is 1.40 bits per heavy atom. The lowest BCUT2D eigenvalue weighted by molar-refractivity contribution is -0.141. The number of fused-ring (bicyclic) bond motifs is 1. The Balaban J connectivity index is 2.06. The Bertz CT molecular complexity index is 628. The maximum Gasteiger partial charge on any atom is 0.433 e. The summed E-state index contributed by atoms with van der Waals surface area (Å²) in [5.41, 5.74) is -0.0754. The molecule has 2 aromatic heterocycles. The molecule has 0 radical (unpaired) electrons. The largest absolute Gasteiger partial charge is 0.433 e. The van der Waals surface area contributed by atoms with Crippen LogP contribution in [-0.4, -0.2) is 33.7 Å². The summed E-state index contributed by atoms with van der Waals surface area (Å²) in [6.45, 7) is 3.31. The average Bonchev–Trinajstić information content (AvgIpc) is 2.96. The number of nitrogens with zero attached hydrogens (tertiary/aromatic N) is 3. The smallest absolute Gasteiger partial charge is 0.366 e. The Kier molecular flexibility index (Phi) is 3.04. The molecular weight excluding hydrogens is 271 g/mol.